The van der Waals surface area contributed by atoms with Crippen LogP contribution in [0.15, 0.2) is 23.2 Å². The van der Waals surface area contributed by atoms with E-state index in [2.05, 4.69) is 59.0 Å². The molecule has 31 heavy (non-hydrogen) atoms. The van der Waals surface area contributed by atoms with Gasteiger partial charge in [-0.2, -0.15) is 0 Å². The Kier molecular flexibility index (Phi) is 9.05. The highest BCUT2D eigenvalue weighted by molar-refractivity contribution is 5.84. The summed E-state index contributed by atoms with van der Waals surface area (Å²) in [5, 5.41) is 0. The Morgan fingerprint density at radius 1 is 0.968 bits per heavy atom. The summed E-state index contributed by atoms with van der Waals surface area (Å²) >= 11 is 0. The fourth-order valence-corrected chi connectivity index (χ4v) is 5.46. The molecule has 3 rings (SSSR count). The van der Waals surface area contributed by atoms with Crippen molar-refractivity contribution >= 4 is 6.21 Å². The second-order valence-electron chi connectivity index (χ2n) is 11.3. The van der Waals surface area contributed by atoms with E-state index >= 15 is 0 Å². The highest BCUT2D eigenvalue weighted by atomic mass is 16.5. The van der Waals surface area contributed by atoms with E-state index < -0.39 is 0 Å². The van der Waals surface area contributed by atoms with Gasteiger partial charge in [-0.1, -0.05) is 71.9 Å². The van der Waals surface area contributed by atoms with Crippen molar-refractivity contribution in [1.29, 1.82) is 0 Å². The van der Waals surface area contributed by atoms with Crippen LogP contribution in [-0.2, 0) is 0 Å². The van der Waals surface area contributed by atoms with Gasteiger partial charge in [-0.05, 0) is 80.8 Å². The maximum Gasteiger partial charge on any atom is 0.131 e. The topological polar surface area (TPSA) is 21.6 Å². The quantitative estimate of drug-likeness (QED) is 0.417. The van der Waals surface area contributed by atoms with Crippen molar-refractivity contribution in [2.45, 2.75) is 130 Å². The summed E-state index contributed by atoms with van der Waals surface area (Å²) in [7, 11) is 0. The molecular weight excluding hydrogens is 378 g/mol. The molecule has 0 saturated heterocycles. The third-order valence-corrected chi connectivity index (χ3v) is 7.86. The lowest BCUT2D eigenvalue weighted by atomic mass is 9.71. The smallest absolute Gasteiger partial charge is 0.131 e. The van der Waals surface area contributed by atoms with E-state index in [1.54, 1.807) is 0 Å². The van der Waals surface area contributed by atoms with Crippen molar-refractivity contribution in [3.63, 3.8) is 0 Å². The molecule has 0 N–H and O–H groups in total. The summed E-state index contributed by atoms with van der Waals surface area (Å²) < 4.78 is 6.56. The van der Waals surface area contributed by atoms with Crippen molar-refractivity contribution < 1.29 is 4.74 Å². The second-order valence-corrected chi connectivity index (χ2v) is 11.3. The van der Waals surface area contributed by atoms with Crippen molar-refractivity contribution in [2.75, 3.05) is 0 Å². The molecule has 1 aromatic rings. The summed E-state index contributed by atoms with van der Waals surface area (Å²) in [4.78, 5) is 5.08. The first-order valence-electron chi connectivity index (χ1n) is 13.2. The number of hydrogen-bond acceptors (Lipinski definition) is 2. The van der Waals surface area contributed by atoms with E-state index in [9.17, 15) is 0 Å². The molecule has 174 valence electrons. The third kappa shape index (κ3) is 7.09. The molecule has 0 bridgehead atoms. The number of nitrogens with zero attached hydrogens (tertiary/aromatic N) is 1. The lowest BCUT2D eigenvalue weighted by Gasteiger charge is -2.35. The fraction of sp³-hybridized carbons (Fsp3) is 0.759. The first kappa shape index (κ1) is 24.3. The largest absolute Gasteiger partial charge is 0.490 e. The molecular formula is C29H47NO. The predicted octanol–water partition coefficient (Wildman–Crippen LogP) is 8.72. The average molecular weight is 426 g/mol. The van der Waals surface area contributed by atoms with Gasteiger partial charge in [0, 0.05) is 17.8 Å². The van der Waals surface area contributed by atoms with Crippen LogP contribution >= 0.6 is 0 Å². The van der Waals surface area contributed by atoms with Gasteiger partial charge < -0.3 is 4.74 Å². The van der Waals surface area contributed by atoms with E-state index in [1.165, 1.54) is 81.8 Å². The zero-order chi connectivity index (χ0) is 22.3. The minimum atomic E-state index is 0.240. The first-order valence-corrected chi connectivity index (χ1v) is 13.2. The van der Waals surface area contributed by atoms with Gasteiger partial charge in [0.05, 0.1) is 6.10 Å². The van der Waals surface area contributed by atoms with Crippen LogP contribution in [0.2, 0.25) is 0 Å². The fourth-order valence-electron chi connectivity index (χ4n) is 5.46. The minimum absolute atomic E-state index is 0.240. The summed E-state index contributed by atoms with van der Waals surface area (Å²) in [5.41, 5.74) is 3.05. The molecule has 0 aromatic heterocycles. The molecule has 2 nitrogen and oxygen atoms in total. The third-order valence-electron chi connectivity index (χ3n) is 7.86. The average Bonchev–Trinajstić information content (AvgIpc) is 2.72. The number of benzene rings is 1. The Hall–Kier alpha value is -1.31. The van der Waals surface area contributed by atoms with Crippen LogP contribution in [0.25, 0.3) is 0 Å². The Labute approximate surface area is 192 Å². The van der Waals surface area contributed by atoms with E-state index in [4.69, 9.17) is 9.73 Å². The van der Waals surface area contributed by atoms with Crippen LogP contribution in [0.5, 0.6) is 5.75 Å². The van der Waals surface area contributed by atoms with Gasteiger partial charge in [0.1, 0.15) is 5.75 Å². The Morgan fingerprint density at radius 3 is 2.23 bits per heavy atom. The molecule has 1 aromatic carbocycles. The molecule has 2 heteroatoms. The van der Waals surface area contributed by atoms with Crippen LogP contribution in [-0.4, -0.2) is 18.4 Å². The monoisotopic (exact) mass is 425 g/mol. The minimum Gasteiger partial charge on any atom is -0.490 e. The number of hydrogen-bond donors (Lipinski definition) is 0. The Balaban J connectivity index is 1.78. The van der Waals surface area contributed by atoms with E-state index in [-0.39, 0.29) is 6.10 Å². The zero-order valence-corrected chi connectivity index (χ0v) is 21.0. The molecule has 0 aliphatic heterocycles. The maximum absolute atomic E-state index is 6.56. The number of ether oxygens (including phenoxy) is 1. The van der Waals surface area contributed by atoms with Crippen molar-refractivity contribution in [3.8, 4) is 5.75 Å². The zero-order valence-electron chi connectivity index (χ0n) is 21.0. The molecule has 0 radical (unpaired) electrons. The van der Waals surface area contributed by atoms with Gasteiger partial charge in [-0.25, -0.2) is 0 Å². The van der Waals surface area contributed by atoms with Crippen LogP contribution in [0, 0.1) is 11.3 Å². The van der Waals surface area contributed by atoms with Gasteiger partial charge in [0.2, 0.25) is 0 Å². The maximum atomic E-state index is 6.56. The van der Waals surface area contributed by atoms with Crippen LogP contribution < -0.4 is 4.74 Å². The summed E-state index contributed by atoms with van der Waals surface area (Å²) in [5.74, 6) is 2.59. The molecule has 0 heterocycles. The van der Waals surface area contributed by atoms with Gasteiger partial charge in [0.15, 0.2) is 0 Å². The molecule has 2 fully saturated rings. The predicted molar refractivity (Wildman–Crippen MR) is 135 cm³/mol. The van der Waals surface area contributed by atoms with E-state index in [0.29, 0.717) is 17.4 Å². The molecule has 2 aliphatic carbocycles. The van der Waals surface area contributed by atoms with Gasteiger partial charge in [-0.15, -0.1) is 0 Å². The van der Waals surface area contributed by atoms with Crippen LogP contribution in [0.3, 0.4) is 0 Å². The Bertz CT molecular complexity index is 685. The number of para-hydroxylation sites is 1. The molecule has 1 unspecified atom stereocenters. The molecule has 2 saturated carbocycles. The molecule has 2 aliphatic rings. The molecule has 0 spiro atoms. The standard InChI is InChI=1S/C29H47NO/c1-6-22(2)31-28-24(21-30-26-19-17-25(18-20-26)29(3,4)5)15-12-16-27(28)23-13-10-8-7-9-11-14-23/h12,15-16,21-23,25-26H,6-11,13-14,17-20H2,1-5H3/b30-21+. The van der Waals surface area contributed by atoms with Crippen LogP contribution in [0.1, 0.15) is 129 Å². The molecule has 1 atom stereocenters. The molecule has 0 amide bonds. The van der Waals surface area contributed by atoms with E-state index in [0.717, 1.165) is 18.1 Å². The van der Waals surface area contributed by atoms with Crippen molar-refractivity contribution in [3.05, 3.63) is 29.3 Å². The first-order chi connectivity index (χ1) is 14.9. The lowest BCUT2D eigenvalue weighted by Crippen LogP contribution is -2.27. The summed E-state index contributed by atoms with van der Waals surface area (Å²) in [6.07, 6.45) is 18.0. The number of rotatable bonds is 6. The van der Waals surface area contributed by atoms with Crippen molar-refractivity contribution in [2.24, 2.45) is 16.3 Å². The van der Waals surface area contributed by atoms with Crippen LogP contribution in [0.4, 0.5) is 0 Å². The normalized spacial score (nSPS) is 25.2. The lowest BCUT2D eigenvalue weighted by molar-refractivity contribution is 0.170. The van der Waals surface area contributed by atoms with Gasteiger partial charge in [0.25, 0.3) is 0 Å². The second kappa shape index (κ2) is 11.5. The SMILES string of the molecule is CCC(C)Oc1c(/C=N/C2CCC(C(C)(C)C)CC2)cccc1C1CCCCCCC1. The highest BCUT2D eigenvalue weighted by Crippen LogP contribution is 2.40. The number of aliphatic imine (C=N–C) groups is 1. The van der Waals surface area contributed by atoms with E-state index in [1.807, 2.05) is 0 Å². The summed E-state index contributed by atoms with van der Waals surface area (Å²) in [6.45, 7) is 11.6. The Morgan fingerprint density at radius 2 is 1.61 bits per heavy atom. The van der Waals surface area contributed by atoms with Crippen molar-refractivity contribution in [1.82, 2.24) is 0 Å². The highest BCUT2D eigenvalue weighted by Gasteiger charge is 2.29. The van der Waals surface area contributed by atoms with Gasteiger partial charge >= 0.3 is 0 Å². The summed E-state index contributed by atoms with van der Waals surface area (Å²) in [6, 6.07) is 7.25. The van der Waals surface area contributed by atoms with Gasteiger partial charge in [-0.3, -0.25) is 4.99 Å².